The Labute approximate surface area is 104 Å². The average Bonchev–Trinajstić information content (AvgIpc) is 2.66. The molecule has 2 N–H and O–H groups in total. The summed E-state index contributed by atoms with van der Waals surface area (Å²) in [5, 5.41) is 16.7. The van der Waals surface area contributed by atoms with Gasteiger partial charge in [-0.05, 0) is 18.3 Å². The topological polar surface area (TPSA) is 50.1 Å². The van der Waals surface area contributed by atoms with E-state index < -0.39 is 0 Å². The summed E-state index contributed by atoms with van der Waals surface area (Å²) < 4.78 is 1.98. The molecule has 98 valence electrons. The van der Waals surface area contributed by atoms with Crippen LogP contribution in [0.3, 0.4) is 0 Å². The molecule has 1 rings (SSSR count). The highest BCUT2D eigenvalue weighted by Gasteiger charge is 2.16. The Morgan fingerprint density at radius 3 is 2.88 bits per heavy atom. The molecule has 0 unspecified atom stereocenters. The maximum absolute atomic E-state index is 8.94. The standard InChI is InChI=1S/C13H25N3O/c1-4-6-16-10-12(9-15-16)8-14-11-13(2,3)5-7-17/h9-10,14,17H,4-8,11H2,1-3H3. The maximum Gasteiger partial charge on any atom is 0.0534 e. The Hall–Kier alpha value is -0.870. The maximum atomic E-state index is 8.94. The first-order valence-corrected chi connectivity index (χ1v) is 6.40. The van der Waals surface area contributed by atoms with E-state index in [1.807, 2.05) is 10.9 Å². The van der Waals surface area contributed by atoms with E-state index in [0.29, 0.717) is 0 Å². The molecular weight excluding hydrogens is 214 g/mol. The number of hydrogen-bond acceptors (Lipinski definition) is 3. The van der Waals surface area contributed by atoms with E-state index in [1.165, 1.54) is 5.56 Å². The van der Waals surface area contributed by atoms with E-state index in [-0.39, 0.29) is 12.0 Å². The molecule has 0 aliphatic heterocycles. The number of aliphatic hydroxyl groups is 1. The smallest absolute Gasteiger partial charge is 0.0534 e. The van der Waals surface area contributed by atoms with E-state index in [0.717, 1.165) is 32.5 Å². The third-order valence-electron chi connectivity index (χ3n) is 2.86. The van der Waals surface area contributed by atoms with Crippen LogP contribution in [-0.4, -0.2) is 28.0 Å². The Morgan fingerprint density at radius 1 is 1.47 bits per heavy atom. The summed E-state index contributed by atoms with van der Waals surface area (Å²) in [6.07, 6.45) is 5.95. The molecule has 0 aliphatic rings. The molecule has 0 atom stereocenters. The van der Waals surface area contributed by atoms with Crippen molar-refractivity contribution in [2.75, 3.05) is 13.2 Å². The zero-order chi connectivity index (χ0) is 12.7. The number of aliphatic hydroxyl groups excluding tert-OH is 1. The van der Waals surface area contributed by atoms with Crippen molar-refractivity contribution < 1.29 is 5.11 Å². The SMILES string of the molecule is CCCn1cc(CNCC(C)(C)CCO)cn1. The van der Waals surface area contributed by atoms with Crippen LogP contribution in [0.15, 0.2) is 12.4 Å². The largest absolute Gasteiger partial charge is 0.396 e. The van der Waals surface area contributed by atoms with Gasteiger partial charge >= 0.3 is 0 Å². The predicted molar refractivity (Wildman–Crippen MR) is 69.7 cm³/mol. The molecule has 4 nitrogen and oxygen atoms in total. The Morgan fingerprint density at radius 2 is 2.24 bits per heavy atom. The van der Waals surface area contributed by atoms with Gasteiger partial charge in [0.05, 0.1) is 6.20 Å². The number of hydrogen-bond donors (Lipinski definition) is 2. The highest BCUT2D eigenvalue weighted by molar-refractivity contribution is 5.03. The van der Waals surface area contributed by atoms with Crippen molar-refractivity contribution in [1.29, 1.82) is 0 Å². The number of nitrogens with one attached hydrogen (secondary N) is 1. The van der Waals surface area contributed by atoms with Crippen molar-refractivity contribution >= 4 is 0 Å². The van der Waals surface area contributed by atoms with Gasteiger partial charge in [0.1, 0.15) is 0 Å². The zero-order valence-corrected chi connectivity index (χ0v) is 11.2. The van der Waals surface area contributed by atoms with Crippen LogP contribution in [0.2, 0.25) is 0 Å². The van der Waals surface area contributed by atoms with Crippen LogP contribution in [0.5, 0.6) is 0 Å². The molecule has 0 bridgehead atoms. The minimum atomic E-state index is 0.147. The van der Waals surface area contributed by atoms with Gasteiger partial charge in [0, 0.05) is 38.0 Å². The van der Waals surface area contributed by atoms with Gasteiger partial charge in [0.15, 0.2) is 0 Å². The molecule has 0 spiro atoms. The zero-order valence-electron chi connectivity index (χ0n) is 11.2. The lowest BCUT2D eigenvalue weighted by molar-refractivity contribution is 0.207. The second kappa shape index (κ2) is 6.77. The lowest BCUT2D eigenvalue weighted by Gasteiger charge is -2.23. The molecule has 0 amide bonds. The van der Waals surface area contributed by atoms with Crippen LogP contribution >= 0.6 is 0 Å². The van der Waals surface area contributed by atoms with Crippen LogP contribution < -0.4 is 5.32 Å². The Bertz CT molecular complexity index is 320. The summed E-state index contributed by atoms with van der Waals surface area (Å²) in [5.74, 6) is 0. The van der Waals surface area contributed by atoms with Crippen molar-refractivity contribution in [3.63, 3.8) is 0 Å². The molecule has 0 fully saturated rings. The van der Waals surface area contributed by atoms with Gasteiger partial charge in [-0.1, -0.05) is 20.8 Å². The van der Waals surface area contributed by atoms with Crippen LogP contribution in [-0.2, 0) is 13.1 Å². The molecule has 1 aromatic heterocycles. The van der Waals surface area contributed by atoms with E-state index in [2.05, 4.69) is 37.4 Å². The second-order valence-corrected chi connectivity index (χ2v) is 5.35. The first-order chi connectivity index (χ1) is 8.07. The quantitative estimate of drug-likeness (QED) is 0.727. The van der Waals surface area contributed by atoms with E-state index in [1.54, 1.807) is 0 Å². The Kier molecular flexibility index (Phi) is 5.65. The van der Waals surface area contributed by atoms with Crippen LogP contribution in [0.1, 0.15) is 39.2 Å². The molecule has 0 radical (unpaired) electrons. The fourth-order valence-electron chi connectivity index (χ4n) is 1.79. The lowest BCUT2D eigenvalue weighted by atomic mass is 9.90. The van der Waals surface area contributed by atoms with Gasteiger partial charge in [0.2, 0.25) is 0 Å². The monoisotopic (exact) mass is 239 g/mol. The highest BCUT2D eigenvalue weighted by Crippen LogP contribution is 2.18. The van der Waals surface area contributed by atoms with Gasteiger partial charge in [-0.2, -0.15) is 5.10 Å². The van der Waals surface area contributed by atoms with Gasteiger partial charge < -0.3 is 10.4 Å². The molecule has 4 heteroatoms. The van der Waals surface area contributed by atoms with Gasteiger partial charge in [0.25, 0.3) is 0 Å². The second-order valence-electron chi connectivity index (χ2n) is 5.35. The van der Waals surface area contributed by atoms with Gasteiger partial charge in [-0.25, -0.2) is 0 Å². The Balaban J connectivity index is 2.30. The summed E-state index contributed by atoms with van der Waals surface area (Å²) >= 11 is 0. The number of rotatable bonds is 8. The summed E-state index contributed by atoms with van der Waals surface area (Å²) in [7, 11) is 0. The molecular formula is C13H25N3O. The first-order valence-electron chi connectivity index (χ1n) is 6.40. The number of nitrogens with zero attached hydrogens (tertiary/aromatic N) is 2. The van der Waals surface area contributed by atoms with Crippen molar-refractivity contribution in [2.45, 2.75) is 46.7 Å². The molecule has 17 heavy (non-hydrogen) atoms. The molecule has 0 aromatic carbocycles. The summed E-state index contributed by atoms with van der Waals surface area (Å²) in [5.41, 5.74) is 1.37. The third kappa shape index (κ3) is 5.33. The minimum absolute atomic E-state index is 0.147. The van der Waals surface area contributed by atoms with Crippen molar-refractivity contribution in [3.05, 3.63) is 18.0 Å². The molecule has 1 aromatic rings. The van der Waals surface area contributed by atoms with Crippen LogP contribution in [0.25, 0.3) is 0 Å². The van der Waals surface area contributed by atoms with Crippen LogP contribution in [0.4, 0.5) is 0 Å². The average molecular weight is 239 g/mol. The predicted octanol–water partition coefficient (Wildman–Crippen LogP) is 1.79. The summed E-state index contributed by atoms with van der Waals surface area (Å²) in [6, 6.07) is 0. The van der Waals surface area contributed by atoms with Crippen molar-refractivity contribution in [1.82, 2.24) is 15.1 Å². The first kappa shape index (κ1) is 14.2. The number of aromatic nitrogens is 2. The number of aryl methyl sites for hydroxylation is 1. The van der Waals surface area contributed by atoms with E-state index in [4.69, 9.17) is 5.11 Å². The molecule has 0 saturated carbocycles. The van der Waals surface area contributed by atoms with Crippen molar-refractivity contribution in [3.8, 4) is 0 Å². The fourth-order valence-corrected chi connectivity index (χ4v) is 1.79. The van der Waals surface area contributed by atoms with E-state index >= 15 is 0 Å². The summed E-state index contributed by atoms with van der Waals surface area (Å²) in [6.45, 7) is 9.47. The minimum Gasteiger partial charge on any atom is -0.396 e. The third-order valence-corrected chi connectivity index (χ3v) is 2.86. The lowest BCUT2D eigenvalue weighted by Crippen LogP contribution is -2.29. The van der Waals surface area contributed by atoms with E-state index in [9.17, 15) is 0 Å². The molecule has 0 aliphatic carbocycles. The van der Waals surface area contributed by atoms with Gasteiger partial charge in [-0.3, -0.25) is 4.68 Å². The normalized spacial score (nSPS) is 12.0. The fraction of sp³-hybridized carbons (Fsp3) is 0.769. The molecule has 1 heterocycles. The highest BCUT2D eigenvalue weighted by atomic mass is 16.3. The molecule has 0 saturated heterocycles. The summed E-state index contributed by atoms with van der Waals surface area (Å²) in [4.78, 5) is 0. The van der Waals surface area contributed by atoms with Crippen molar-refractivity contribution in [2.24, 2.45) is 5.41 Å². The van der Waals surface area contributed by atoms with Gasteiger partial charge in [-0.15, -0.1) is 0 Å². The van der Waals surface area contributed by atoms with Crippen LogP contribution in [0, 0.1) is 5.41 Å².